The summed E-state index contributed by atoms with van der Waals surface area (Å²) < 4.78 is 0.0620. The van der Waals surface area contributed by atoms with E-state index in [1.54, 1.807) is 0 Å². The predicted molar refractivity (Wildman–Crippen MR) is 66.2 cm³/mol. The molecule has 0 aromatic rings. The molecular formula is C10H22INO. The van der Waals surface area contributed by atoms with E-state index in [4.69, 9.17) is 0 Å². The van der Waals surface area contributed by atoms with Gasteiger partial charge in [0.25, 0.3) is 0 Å². The number of alkyl halides is 1. The zero-order valence-corrected chi connectivity index (χ0v) is 11.7. The number of rotatable bonds is 4. The van der Waals surface area contributed by atoms with Crippen molar-refractivity contribution in [3.05, 3.63) is 0 Å². The molecule has 0 fully saturated rings. The highest BCUT2D eigenvalue weighted by Gasteiger charge is 2.30. The summed E-state index contributed by atoms with van der Waals surface area (Å²) >= 11 is 2.36. The molecule has 0 aliphatic heterocycles. The minimum Gasteiger partial charge on any atom is -0.390 e. The van der Waals surface area contributed by atoms with Gasteiger partial charge in [-0.15, -0.1) is 0 Å². The maximum absolute atomic E-state index is 9.71. The molecular weight excluding hydrogens is 277 g/mol. The van der Waals surface area contributed by atoms with Gasteiger partial charge in [-0.1, -0.05) is 22.6 Å². The van der Waals surface area contributed by atoms with Gasteiger partial charge in [-0.2, -0.15) is 0 Å². The highest BCUT2D eigenvalue weighted by atomic mass is 127. The summed E-state index contributed by atoms with van der Waals surface area (Å²) in [4.78, 5) is 0. The van der Waals surface area contributed by atoms with Gasteiger partial charge in [-0.05, 0) is 48.0 Å². The molecule has 0 aromatic heterocycles. The fourth-order valence-electron chi connectivity index (χ4n) is 1.93. The Labute approximate surface area is 95.6 Å². The molecule has 0 saturated carbocycles. The summed E-state index contributed by atoms with van der Waals surface area (Å²) in [5, 5.41) is 13.2. The first-order valence-electron chi connectivity index (χ1n) is 4.62. The molecule has 0 aliphatic carbocycles. The molecule has 0 unspecified atom stereocenters. The van der Waals surface area contributed by atoms with Crippen molar-refractivity contribution in [1.29, 1.82) is 0 Å². The second-order valence-electron chi connectivity index (χ2n) is 5.47. The van der Waals surface area contributed by atoms with Crippen molar-refractivity contribution in [2.24, 2.45) is 0 Å². The van der Waals surface area contributed by atoms with Gasteiger partial charge in [-0.25, -0.2) is 0 Å². The topological polar surface area (TPSA) is 32.3 Å². The maximum atomic E-state index is 9.71. The maximum Gasteiger partial charge on any atom is 0.0652 e. The quantitative estimate of drug-likeness (QED) is 0.475. The summed E-state index contributed by atoms with van der Waals surface area (Å²) in [6.07, 6.45) is 0.742. The fraction of sp³-hybridized carbons (Fsp3) is 1.00. The first-order valence-corrected chi connectivity index (χ1v) is 5.70. The van der Waals surface area contributed by atoms with Crippen molar-refractivity contribution in [2.45, 2.75) is 62.6 Å². The number of hydrogen-bond acceptors (Lipinski definition) is 2. The molecule has 0 heterocycles. The third-order valence-corrected chi connectivity index (χ3v) is 1.78. The predicted octanol–water partition coefficient (Wildman–Crippen LogP) is 2.69. The van der Waals surface area contributed by atoms with E-state index in [-0.39, 0.29) is 9.08 Å². The van der Waals surface area contributed by atoms with Crippen LogP contribution >= 0.6 is 22.6 Å². The van der Waals surface area contributed by atoms with E-state index >= 15 is 0 Å². The molecule has 0 aromatic carbocycles. The smallest absolute Gasteiger partial charge is 0.0652 e. The van der Waals surface area contributed by atoms with Crippen molar-refractivity contribution < 1.29 is 5.11 Å². The van der Waals surface area contributed by atoms with Crippen LogP contribution in [0.15, 0.2) is 0 Å². The number of halogens is 1. The standard InChI is InChI=1S/C10H22INO/c1-8(2,7-9(3,4)13)12-10(5,6)11/h12-13H,7H2,1-6H3. The van der Waals surface area contributed by atoms with Crippen molar-refractivity contribution in [1.82, 2.24) is 5.32 Å². The molecule has 3 heteroatoms. The van der Waals surface area contributed by atoms with Crippen LogP contribution < -0.4 is 5.32 Å². The van der Waals surface area contributed by atoms with Gasteiger partial charge in [0.2, 0.25) is 0 Å². The third kappa shape index (κ3) is 8.97. The van der Waals surface area contributed by atoms with Crippen LogP contribution in [0.2, 0.25) is 0 Å². The van der Waals surface area contributed by atoms with Crippen LogP contribution in [0.25, 0.3) is 0 Å². The van der Waals surface area contributed by atoms with Gasteiger partial charge < -0.3 is 5.11 Å². The van der Waals surface area contributed by atoms with Gasteiger partial charge in [0.15, 0.2) is 0 Å². The second kappa shape index (κ2) is 4.03. The van der Waals surface area contributed by atoms with Gasteiger partial charge in [0, 0.05) is 5.54 Å². The number of aliphatic hydroxyl groups is 1. The largest absolute Gasteiger partial charge is 0.390 e. The molecule has 0 atom stereocenters. The molecule has 0 rings (SSSR count). The molecule has 80 valence electrons. The Morgan fingerprint density at radius 2 is 1.46 bits per heavy atom. The van der Waals surface area contributed by atoms with Gasteiger partial charge in [0.05, 0.1) is 9.15 Å². The summed E-state index contributed by atoms with van der Waals surface area (Å²) in [7, 11) is 0. The van der Waals surface area contributed by atoms with Crippen molar-refractivity contribution in [3.63, 3.8) is 0 Å². The molecule has 0 saturated heterocycles. The molecule has 0 aliphatic rings. The van der Waals surface area contributed by atoms with Crippen molar-refractivity contribution in [3.8, 4) is 0 Å². The van der Waals surface area contributed by atoms with Crippen LogP contribution in [0.1, 0.15) is 48.0 Å². The monoisotopic (exact) mass is 299 g/mol. The Hall–Kier alpha value is 0.650. The van der Waals surface area contributed by atoms with Crippen molar-refractivity contribution >= 4 is 22.6 Å². The Bertz CT molecular complexity index is 147. The minimum absolute atomic E-state index is 0.0388. The lowest BCUT2D eigenvalue weighted by Gasteiger charge is -2.37. The number of nitrogens with one attached hydrogen (secondary N) is 1. The SMILES string of the molecule is CC(C)(O)CC(C)(C)NC(C)(C)I. The molecule has 0 spiro atoms. The number of hydrogen-bond donors (Lipinski definition) is 2. The molecule has 0 radical (unpaired) electrons. The van der Waals surface area contributed by atoms with E-state index in [1.165, 1.54) is 0 Å². The van der Waals surface area contributed by atoms with E-state index < -0.39 is 5.60 Å². The summed E-state index contributed by atoms with van der Waals surface area (Å²) in [5.74, 6) is 0. The van der Waals surface area contributed by atoms with Gasteiger partial charge in [-0.3, -0.25) is 5.32 Å². The van der Waals surface area contributed by atoms with Crippen LogP contribution in [0.5, 0.6) is 0 Å². The Morgan fingerprint density at radius 1 is 1.08 bits per heavy atom. The fourth-order valence-corrected chi connectivity index (χ4v) is 2.66. The molecule has 2 N–H and O–H groups in total. The Balaban J connectivity index is 4.25. The molecule has 2 nitrogen and oxygen atoms in total. The lowest BCUT2D eigenvalue weighted by molar-refractivity contribution is 0.0420. The molecule has 0 bridgehead atoms. The van der Waals surface area contributed by atoms with Crippen LogP contribution in [0.3, 0.4) is 0 Å². The van der Waals surface area contributed by atoms with E-state index in [2.05, 4.69) is 55.6 Å². The lowest BCUT2D eigenvalue weighted by atomic mass is 9.89. The summed E-state index contributed by atoms with van der Waals surface area (Å²) in [6, 6.07) is 0. The zero-order chi connectivity index (χ0) is 10.9. The van der Waals surface area contributed by atoms with Crippen LogP contribution in [-0.4, -0.2) is 19.8 Å². The molecule has 0 amide bonds. The average molecular weight is 299 g/mol. The van der Waals surface area contributed by atoms with Crippen LogP contribution in [0.4, 0.5) is 0 Å². The zero-order valence-electron chi connectivity index (χ0n) is 9.53. The second-order valence-corrected chi connectivity index (χ2v) is 8.17. The normalized spacial score (nSPS) is 14.8. The highest BCUT2D eigenvalue weighted by Crippen LogP contribution is 2.24. The van der Waals surface area contributed by atoms with E-state index in [0.717, 1.165) is 6.42 Å². The first kappa shape index (κ1) is 13.7. The Kier molecular flexibility index (Phi) is 4.23. The van der Waals surface area contributed by atoms with Crippen LogP contribution in [0, 0.1) is 0 Å². The summed E-state index contributed by atoms with van der Waals surface area (Å²) in [6.45, 7) is 12.2. The minimum atomic E-state index is -0.613. The van der Waals surface area contributed by atoms with Gasteiger partial charge >= 0.3 is 0 Å². The van der Waals surface area contributed by atoms with E-state index in [1.807, 2.05) is 13.8 Å². The van der Waals surface area contributed by atoms with Crippen LogP contribution in [-0.2, 0) is 0 Å². The first-order chi connectivity index (χ1) is 5.41. The third-order valence-electron chi connectivity index (χ3n) is 1.51. The Morgan fingerprint density at radius 3 is 1.69 bits per heavy atom. The summed E-state index contributed by atoms with van der Waals surface area (Å²) in [5.41, 5.74) is -0.651. The van der Waals surface area contributed by atoms with Crippen molar-refractivity contribution in [2.75, 3.05) is 0 Å². The lowest BCUT2D eigenvalue weighted by Crippen LogP contribution is -2.51. The average Bonchev–Trinajstić information content (AvgIpc) is 1.43. The van der Waals surface area contributed by atoms with E-state index in [0.29, 0.717) is 0 Å². The molecule has 13 heavy (non-hydrogen) atoms. The highest BCUT2D eigenvalue weighted by molar-refractivity contribution is 14.1. The van der Waals surface area contributed by atoms with E-state index in [9.17, 15) is 5.11 Å². The van der Waals surface area contributed by atoms with Gasteiger partial charge in [0.1, 0.15) is 0 Å².